The molecule has 3 N–H and O–H groups in total. The van der Waals surface area contributed by atoms with E-state index >= 15 is 0 Å². The Bertz CT molecular complexity index is 698. The van der Waals surface area contributed by atoms with Crippen LogP contribution in [0.3, 0.4) is 0 Å². The van der Waals surface area contributed by atoms with Gasteiger partial charge in [0, 0.05) is 11.8 Å². The summed E-state index contributed by atoms with van der Waals surface area (Å²) in [6.07, 6.45) is 1.39. The molecule has 108 valence electrons. The van der Waals surface area contributed by atoms with Crippen LogP contribution < -0.4 is 10.5 Å². The number of nitrogens with zero attached hydrogens (tertiary/aromatic N) is 1. The zero-order chi connectivity index (χ0) is 15.4. The lowest BCUT2D eigenvalue weighted by molar-refractivity contribution is 0.0684. The number of amides is 1. The summed E-state index contributed by atoms with van der Waals surface area (Å²) in [6.45, 7) is 2.00. The molecule has 6 heteroatoms. The number of carbonyl (C=O) groups is 2. The molecule has 0 unspecified atom stereocenters. The van der Waals surface area contributed by atoms with Gasteiger partial charge < -0.3 is 15.6 Å². The molecule has 1 amide bonds. The molecule has 0 saturated carbocycles. The highest BCUT2D eigenvalue weighted by Crippen LogP contribution is 2.18. The number of aromatic nitrogens is 1. The van der Waals surface area contributed by atoms with Crippen LogP contribution in [0.2, 0.25) is 0 Å². The molecule has 0 spiro atoms. The number of ether oxygens (including phenoxy) is 1. The SMILES string of the molecule is Cc1cc(C(N)=O)ccc1COc1cccnc1C(=O)O. The number of aromatic carboxylic acids is 1. The number of carboxylic acid groups (broad SMARTS) is 1. The van der Waals surface area contributed by atoms with Crippen molar-refractivity contribution in [3.8, 4) is 5.75 Å². The molecule has 1 heterocycles. The average Bonchev–Trinajstić information content (AvgIpc) is 2.46. The first kappa shape index (κ1) is 14.5. The molecular weight excluding hydrogens is 272 g/mol. The first-order valence-corrected chi connectivity index (χ1v) is 6.19. The second kappa shape index (κ2) is 6.04. The first-order valence-electron chi connectivity index (χ1n) is 6.19. The van der Waals surface area contributed by atoms with Crippen LogP contribution in [-0.4, -0.2) is 22.0 Å². The lowest BCUT2D eigenvalue weighted by Gasteiger charge is -2.10. The molecule has 0 saturated heterocycles. The first-order chi connectivity index (χ1) is 9.99. The van der Waals surface area contributed by atoms with Crippen molar-refractivity contribution < 1.29 is 19.4 Å². The van der Waals surface area contributed by atoms with E-state index < -0.39 is 11.9 Å². The van der Waals surface area contributed by atoms with Crippen molar-refractivity contribution in [3.63, 3.8) is 0 Å². The summed E-state index contributed by atoms with van der Waals surface area (Å²) in [4.78, 5) is 25.9. The summed E-state index contributed by atoms with van der Waals surface area (Å²) in [6, 6.07) is 8.15. The maximum Gasteiger partial charge on any atom is 0.358 e. The molecule has 0 fully saturated rings. The normalized spacial score (nSPS) is 10.1. The third-order valence-corrected chi connectivity index (χ3v) is 2.98. The van der Waals surface area contributed by atoms with Gasteiger partial charge in [0.1, 0.15) is 6.61 Å². The molecule has 1 aromatic heterocycles. The molecule has 1 aromatic carbocycles. The van der Waals surface area contributed by atoms with E-state index in [0.717, 1.165) is 11.1 Å². The molecule has 0 radical (unpaired) electrons. The van der Waals surface area contributed by atoms with Gasteiger partial charge in [-0.1, -0.05) is 6.07 Å². The van der Waals surface area contributed by atoms with Crippen molar-refractivity contribution in [1.29, 1.82) is 0 Å². The highest BCUT2D eigenvalue weighted by molar-refractivity contribution is 5.93. The Morgan fingerprint density at radius 1 is 1.33 bits per heavy atom. The number of benzene rings is 1. The maximum atomic E-state index is 11.1. The van der Waals surface area contributed by atoms with E-state index in [0.29, 0.717) is 5.56 Å². The van der Waals surface area contributed by atoms with Gasteiger partial charge in [-0.3, -0.25) is 4.79 Å². The number of carbonyl (C=O) groups excluding carboxylic acids is 1. The van der Waals surface area contributed by atoms with Crippen molar-refractivity contribution in [2.45, 2.75) is 13.5 Å². The number of pyridine rings is 1. The number of aryl methyl sites for hydroxylation is 1. The molecule has 0 aliphatic rings. The van der Waals surface area contributed by atoms with Crippen LogP contribution >= 0.6 is 0 Å². The third kappa shape index (κ3) is 3.36. The van der Waals surface area contributed by atoms with Gasteiger partial charge in [0.05, 0.1) is 0 Å². The van der Waals surface area contributed by atoms with Crippen molar-refractivity contribution in [2.75, 3.05) is 0 Å². The number of hydrogen-bond donors (Lipinski definition) is 2. The van der Waals surface area contributed by atoms with Crippen molar-refractivity contribution in [3.05, 3.63) is 58.9 Å². The van der Waals surface area contributed by atoms with Gasteiger partial charge in [-0.15, -0.1) is 0 Å². The zero-order valence-corrected chi connectivity index (χ0v) is 11.4. The fourth-order valence-corrected chi connectivity index (χ4v) is 1.83. The number of primary amides is 1. The summed E-state index contributed by atoms with van der Waals surface area (Å²) in [5, 5.41) is 9.02. The summed E-state index contributed by atoms with van der Waals surface area (Å²) < 4.78 is 5.51. The molecule has 2 aromatic rings. The summed E-state index contributed by atoms with van der Waals surface area (Å²) >= 11 is 0. The average molecular weight is 286 g/mol. The third-order valence-electron chi connectivity index (χ3n) is 2.98. The van der Waals surface area contributed by atoms with Crippen LogP contribution in [0.4, 0.5) is 0 Å². The predicted molar refractivity (Wildman–Crippen MR) is 75.2 cm³/mol. The predicted octanol–water partition coefficient (Wildman–Crippen LogP) is 1.77. The number of nitrogens with two attached hydrogens (primary N) is 1. The van der Waals surface area contributed by atoms with E-state index in [4.69, 9.17) is 15.6 Å². The molecule has 0 bridgehead atoms. The van der Waals surface area contributed by atoms with Crippen LogP contribution in [0.25, 0.3) is 0 Å². The quantitative estimate of drug-likeness (QED) is 0.872. The number of carboxylic acids is 1. The minimum atomic E-state index is -1.15. The Morgan fingerprint density at radius 2 is 2.10 bits per heavy atom. The van der Waals surface area contributed by atoms with Gasteiger partial charge in [-0.25, -0.2) is 9.78 Å². The van der Waals surface area contributed by atoms with Crippen molar-refractivity contribution in [1.82, 2.24) is 4.98 Å². The van der Waals surface area contributed by atoms with Crippen LogP contribution in [0.5, 0.6) is 5.75 Å². The maximum absolute atomic E-state index is 11.1. The monoisotopic (exact) mass is 286 g/mol. The summed E-state index contributed by atoms with van der Waals surface area (Å²) in [7, 11) is 0. The Hall–Kier alpha value is -2.89. The Morgan fingerprint density at radius 3 is 2.71 bits per heavy atom. The smallest absolute Gasteiger partial charge is 0.358 e. The Balaban J connectivity index is 2.17. The van der Waals surface area contributed by atoms with Gasteiger partial charge in [0.25, 0.3) is 0 Å². The van der Waals surface area contributed by atoms with Crippen molar-refractivity contribution in [2.24, 2.45) is 5.73 Å². The fourth-order valence-electron chi connectivity index (χ4n) is 1.83. The van der Waals surface area contributed by atoms with Crippen LogP contribution in [0.15, 0.2) is 36.5 Å². The number of hydrogen-bond acceptors (Lipinski definition) is 4. The molecule has 6 nitrogen and oxygen atoms in total. The fraction of sp³-hybridized carbons (Fsp3) is 0.133. The Kier molecular flexibility index (Phi) is 4.18. The minimum Gasteiger partial charge on any atom is -0.486 e. The van der Waals surface area contributed by atoms with Crippen LogP contribution in [0, 0.1) is 6.92 Å². The molecule has 0 aliphatic heterocycles. The van der Waals surface area contributed by atoms with E-state index in [2.05, 4.69) is 4.98 Å². The molecule has 2 rings (SSSR count). The minimum absolute atomic E-state index is 0.135. The van der Waals surface area contributed by atoms with E-state index in [1.165, 1.54) is 6.20 Å². The van der Waals surface area contributed by atoms with Gasteiger partial charge >= 0.3 is 5.97 Å². The van der Waals surface area contributed by atoms with Crippen molar-refractivity contribution >= 4 is 11.9 Å². The van der Waals surface area contributed by atoms with Gasteiger partial charge in [-0.2, -0.15) is 0 Å². The molecule has 0 atom stereocenters. The highest BCUT2D eigenvalue weighted by atomic mass is 16.5. The zero-order valence-electron chi connectivity index (χ0n) is 11.4. The van der Waals surface area contributed by atoms with Gasteiger partial charge in [0.15, 0.2) is 11.4 Å². The largest absolute Gasteiger partial charge is 0.486 e. The Labute approximate surface area is 121 Å². The van der Waals surface area contributed by atoms with Crippen LogP contribution in [0.1, 0.15) is 32.0 Å². The van der Waals surface area contributed by atoms with E-state index in [1.54, 1.807) is 30.3 Å². The lowest BCUT2D eigenvalue weighted by Crippen LogP contribution is -2.12. The van der Waals surface area contributed by atoms with Gasteiger partial charge in [0.2, 0.25) is 5.91 Å². The highest BCUT2D eigenvalue weighted by Gasteiger charge is 2.13. The summed E-state index contributed by atoms with van der Waals surface area (Å²) in [5.41, 5.74) is 7.17. The lowest BCUT2D eigenvalue weighted by atomic mass is 10.1. The van der Waals surface area contributed by atoms with E-state index in [1.807, 2.05) is 6.92 Å². The van der Waals surface area contributed by atoms with Gasteiger partial charge in [-0.05, 0) is 42.3 Å². The standard InChI is InChI=1S/C15H14N2O4/c1-9-7-10(14(16)18)4-5-11(9)8-21-12-3-2-6-17-13(12)15(19)20/h2-7H,8H2,1H3,(H2,16,18)(H,19,20). The van der Waals surface area contributed by atoms with Crippen LogP contribution in [-0.2, 0) is 6.61 Å². The summed E-state index contributed by atoms with van der Waals surface area (Å²) in [5.74, 6) is -1.44. The molecule has 21 heavy (non-hydrogen) atoms. The van der Waals surface area contributed by atoms with E-state index in [9.17, 15) is 9.59 Å². The second-order valence-electron chi connectivity index (χ2n) is 4.45. The number of rotatable bonds is 5. The molecular formula is C15H14N2O4. The topological polar surface area (TPSA) is 103 Å². The second-order valence-corrected chi connectivity index (χ2v) is 4.45. The molecule has 0 aliphatic carbocycles. The van der Waals surface area contributed by atoms with E-state index in [-0.39, 0.29) is 18.1 Å².